The number of pyridine rings is 1. The molecule has 156 valence electrons. The first kappa shape index (κ1) is 23.8. The summed E-state index contributed by atoms with van der Waals surface area (Å²) in [6.45, 7) is 4.18. The molecule has 0 fully saturated rings. The summed E-state index contributed by atoms with van der Waals surface area (Å²) in [5.41, 5.74) is 1.35. The number of rotatable bonds is 17. The summed E-state index contributed by atoms with van der Waals surface area (Å²) < 4.78 is 0.804. The molecule has 0 aromatic carbocycles. The lowest BCUT2D eigenvalue weighted by atomic mass is 10.0. The van der Waals surface area contributed by atoms with Crippen molar-refractivity contribution in [2.75, 3.05) is 0 Å². The Hall–Kier alpha value is -1.25. The van der Waals surface area contributed by atoms with E-state index in [4.69, 9.17) is 0 Å². The van der Waals surface area contributed by atoms with Crippen LogP contribution in [0.1, 0.15) is 121 Å². The summed E-state index contributed by atoms with van der Waals surface area (Å²) in [6, 6.07) is 3.38. The minimum Gasteiger partial charge on any atom is -0.425 e. The Labute approximate surface area is 167 Å². The molecule has 0 radical (unpaired) electrons. The second-order valence-corrected chi connectivity index (χ2v) is 8.23. The first-order valence-corrected chi connectivity index (χ1v) is 11.6. The molecule has 0 amide bonds. The molecule has 3 nitrogen and oxygen atoms in total. The van der Waals surface area contributed by atoms with Crippen molar-refractivity contribution >= 4 is 0 Å². The zero-order chi connectivity index (χ0) is 19.7. The van der Waals surface area contributed by atoms with Gasteiger partial charge in [0.25, 0.3) is 5.56 Å². The zero-order valence-electron chi connectivity index (χ0n) is 18.0. The smallest absolute Gasteiger partial charge is 0.283 e. The highest BCUT2D eigenvalue weighted by Gasteiger charge is 2.03. The quantitative estimate of drug-likeness (QED) is 0.230. The Bertz CT molecular complexity index is 536. The number of nitrogens with zero attached hydrogens (tertiary/aromatic N) is 1. The van der Waals surface area contributed by atoms with Crippen LogP contribution in [0.4, 0.5) is 0 Å². The van der Waals surface area contributed by atoms with E-state index in [2.05, 4.69) is 6.92 Å². The fraction of sp³-hybridized carbons (Fsp3) is 0.792. The van der Waals surface area contributed by atoms with Crippen LogP contribution < -0.4 is 5.56 Å². The van der Waals surface area contributed by atoms with Crippen LogP contribution in [0.5, 0.6) is 0 Å². The normalized spacial score (nSPS) is 11.2. The molecule has 1 aromatic rings. The third-order valence-corrected chi connectivity index (χ3v) is 5.51. The maximum Gasteiger partial charge on any atom is 0.283 e. The van der Waals surface area contributed by atoms with E-state index < -0.39 is 0 Å². The highest BCUT2D eigenvalue weighted by atomic mass is 16.5. The Kier molecular flexibility index (Phi) is 13.9. The van der Waals surface area contributed by atoms with Crippen LogP contribution in [0.15, 0.2) is 16.9 Å². The van der Waals surface area contributed by atoms with Crippen molar-refractivity contribution in [1.82, 2.24) is 4.73 Å². The van der Waals surface area contributed by atoms with Gasteiger partial charge >= 0.3 is 0 Å². The minimum absolute atomic E-state index is 0.318. The molecule has 1 aromatic heterocycles. The lowest BCUT2D eigenvalue weighted by Gasteiger charge is -2.07. The van der Waals surface area contributed by atoms with E-state index in [1.807, 2.05) is 13.0 Å². The molecule has 0 spiro atoms. The molecule has 0 aliphatic heterocycles. The number of aryl methyl sites for hydroxylation is 2. The van der Waals surface area contributed by atoms with Gasteiger partial charge in [-0.05, 0) is 31.4 Å². The number of unbranched alkanes of at least 4 members (excludes halogenated alkanes) is 15. The second kappa shape index (κ2) is 15.8. The molecule has 1 rings (SSSR count). The molecule has 0 saturated carbocycles. The highest BCUT2D eigenvalue weighted by Crippen LogP contribution is 2.14. The first-order chi connectivity index (χ1) is 13.1. The van der Waals surface area contributed by atoms with Crippen molar-refractivity contribution in [3.8, 4) is 0 Å². The Balaban J connectivity index is 1.86. The van der Waals surface area contributed by atoms with E-state index in [0.29, 0.717) is 0 Å². The van der Waals surface area contributed by atoms with Crippen LogP contribution in [0.25, 0.3) is 0 Å². The van der Waals surface area contributed by atoms with Gasteiger partial charge in [-0.15, -0.1) is 0 Å². The summed E-state index contributed by atoms with van der Waals surface area (Å²) in [5, 5.41) is 9.75. The lowest BCUT2D eigenvalue weighted by Crippen LogP contribution is -2.20. The van der Waals surface area contributed by atoms with Gasteiger partial charge in [0.05, 0.1) is 5.69 Å². The van der Waals surface area contributed by atoms with E-state index in [1.54, 1.807) is 0 Å². The number of hydrogen-bond acceptors (Lipinski definition) is 2. The summed E-state index contributed by atoms with van der Waals surface area (Å²) in [7, 11) is 0. The van der Waals surface area contributed by atoms with E-state index >= 15 is 0 Å². The highest BCUT2D eigenvalue weighted by molar-refractivity contribution is 5.15. The topological polar surface area (TPSA) is 42.2 Å². The maximum absolute atomic E-state index is 11.5. The monoisotopic (exact) mass is 377 g/mol. The first-order valence-electron chi connectivity index (χ1n) is 11.6. The average Bonchev–Trinajstić information content (AvgIpc) is 2.65. The molecule has 0 aliphatic rings. The fourth-order valence-corrected chi connectivity index (χ4v) is 3.80. The Morgan fingerprint density at radius 2 is 1.11 bits per heavy atom. The summed E-state index contributed by atoms with van der Waals surface area (Å²) in [5.74, 6) is 0. The Morgan fingerprint density at radius 1 is 0.704 bits per heavy atom. The van der Waals surface area contributed by atoms with Crippen LogP contribution in [0.3, 0.4) is 0 Å². The molecular formula is C24H43NO2. The van der Waals surface area contributed by atoms with Gasteiger partial charge in [-0.3, -0.25) is 4.79 Å². The SMILES string of the molecule is CCCCCCCCCCCCCCCCCCc1cc(C)cc(=O)n1O. The Morgan fingerprint density at radius 3 is 1.56 bits per heavy atom. The van der Waals surface area contributed by atoms with E-state index in [-0.39, 0.29) is 5.56 Å². The third kappa shape index (κ3) is 11.9. The largest absolute Gasteiger partial charge is 0.425 e. The van der Waals surface area contributed by atoms with E-state index in [9.17, 15) is 10.0 Å². The van der Waals surface area contributed by atoms with Crippen LogP contribution in [0, 0.1) is 6.92 Å². The van der Waals surface area contributed by atoms with Crippen molar-refractivity contribution in [1.29, 1.82) is 0 Å². The second-order valence-electron chi connectivity index (χ2n) is 8.23. The maximum atomic E-state index is 11.5. The van der Waals surface area contributed by atoms with Gasteiger partial charge in [0.1, 0.15) is 0 Å². The molecule has 0 unspecified atom stereocenters. The molecule has 27 heavy (non-hydrogen) atoms. The van der Waals surface area contributed by atoms with Gasteiger partial charge in [-0.1, -0.05) is 103 Å². The van der Waals surface area contributed by atoms with Crippen LogP contribution in [0.2, 0.25) is 0 Å². The van der Waals surface area contributed by atoms with Crippen molar-refractivity contribution in [2.24, 2.45) is 0 Å². The zero-order valence-corrected chi connectivity index (χ0v) is 18.0. The molecular weight excluding hydrogens is 334 g/mol. The molecule has 0 atom stereocenters. The summed E-state index contributed by atoms with van der Waals surface area (Å²) in [6.07, 6.45) is 22.5. The van der Waals surface area contributed by atoms with E-state index in [0.717, 1.165) is 28.8 Å². The van der Waals surface area contributed by atoms with Gasteiger partial charge in [0, 0.05) is 6.07 Å². The predicted molar refractivity (Wildman–Crippen MR) is 116 cm³/mol. The van der Waals surface area contributed by atoms with Crippen LogP contribution in [-0.2, 0) is 6.42 Å². The molecule has 1 heterocycles. The summed E-state index contributed by atoms with van der Waals surface area (Å²) >= 11 is 0. The van der Waals surface area contributed by atoms with Crippen molar-refractivity contribution in [2.45, 2.75) is 123 Å². The van der Waals surface area contributed by atoms with Gasteiger partial charge in [-0.25, -0.2) is 0 Å². The minimum atomic E-state index is -0.318. The number of aromatic nitrogens is 1. The van der Waals surface area contributed by atoms with Gasteiger partial charge in [0.15, 0.2) is 0 Å². The van der Waals surface area contributed by atoms with E-state index in [1.165, 1.54) is 102 Å². The van der Waals surface area contributed by atoms with Crippen LogP contribution >= 0.6 is 0 Å². The average molecular weight is 378 g/mol. The molecule has 0 saturated heterocycles. The number of hydrogen-bond donors (Lipinski definition) is 1. The van der Waals surface area contributed by atoms with Gasteiger partial charge in [0.2, 0.25) is 0 Å². The standard InChI is InChI=1S/C24H43NO2/c1-3-4-5-6-7-8-9-10-11-12-13-14-15-16-17-18-19-23-20-22(2)21-24(26)25(23)27/h20-21,27H,3-19H2,1-2H3. The molecule has 0 aliphatic carbocycles. The summed E-state index contributed by atoms with van der Waals surface area (Å²) in [4.78, 5) is 11.5. The fourth-order valence-electron chi connectivity index (χ4n) is 3.80. The molecule has 3 heteroatoms. The third-order valence-electron chi connectivity index (χ3n) is 5.51. The van der Waals surface area contributed by atoms with Crippen molar-refractivity contribution < 1.29 is 5.21 Å². The van der Waals surface area contributed by atoms with Crippen molar-refractivity contribution in [3.63, 3.8) is 0 Å². The molecule has 0 bridgehead atoms. The lowest BCUT2D eigenvalue weighted by molar-refractivity contribution is 0.164. The van der Waals surface area contributed by atoms with Crippen molar-refractivity contribution in [3.05, 3.63) is 33.7 Å². The van der Waals surface area contributed by atoms with Gasteiger partial charge in [-0.2, -0.15) is 4.73 Å². The van der Waals surface area contributed by atoms with Crippen LogP contribution in [-0.4, -0.2) is 9.94 Å². The molecule has 1 N–H and O–H groups in total. The predicted octanol–water partition coefficient (Wildman–Crippen LogP) is 7.20. The van der Waals surface area contributed by atoms with Gasteiger partial charge < -0.3 is 5.21 Å².